The minimum Gasteiger partial charge on any atom is -0.448 e. The highest BCUT2D eigenvalue weighted by molar-refractivity contribution is 5.09. The maximum atomic E-state index is 5.10. The van der Waals surface area contributed by atoms with Gasteiger partial charge in [-0.2, -0.15) is 0 Å². The molecule has 0 saturated heterocycles. The minimum absolute atomic E-state index is 0.867. The number of nitrogens with zero attached hydrogens (tertiary/aromatic N) is 1. The first kappa shape index (κ1) is 4.99. The van der Waals surface area contributed by atoms with Gasteiger partial charge in [0.05, 0.1) is 5.69 Å². The molecule has 1 aromatic heterocycles. The van der Waals surface area contributed by atoms with Crippen LogP contribution in [0.3, 0.4) is 0 Å². The van der Waals surface area contributed by atoms with E-state index in [0.717, 1.165) is 31.0 Å². The lowest BCUT2D eigenvalue weighted by Gasteiger charge is -2.08. The fourth-order valence-electron chi connectivity index (χ4n) is 1.05. The van der Waals surface area contributed by atoms with E-state index in [0.29, 0.717) is 0 Å². The van der Waals surface area contributed by atoms with Gasteiger partial charge >= 0.3 is 0 Å². The molecule has 1 aliphatic rings. The first-order valence-corrected chi connectivity index (χ1v) is 3.09. The normalized spacial score (nSPS) is 17.3. The smallest absolute Gasteiger partial charge is 0.181 e. The van der Waals surface area contributed by atoms with Gasteiger partial charge in [-0.05, 0) is 0 Å². The summed E-state index contributed by atoms with van der Waals surface area (Å²) >= 11 is 0. The van der Waals surface area contributed by atoms with E-state index < -0.39 is 0 Å². The predicted molar refractivity (Wildman–Crippen MR) is 31.9 cm³/mol. The van der Waals surface area contributed by atoms with E-state index in [1.54, 1.807) is 0 Å². The first-order chi connectivity index (χ1) is 4.47. The molecule has 1 N–H and O–H groups in total. The van der Waals surface area contributed by atoms with Gasteiger partial charge in [0.1, 0.15) is 5.76 Å². The number of fused-ring (bicyclic) bond motifs is 1. The van der Waals surface area contributed by atoms with Crippen molar-refractivity contribution in [1.29, 1.82) is 0 Å². The highest BCUT2D eigenvalue weighted by Crippen LogP contribution is 2.09. The van der Waals surface area contributed by atoms with Crippen molar-refractivity contribution < 1.29 is 4.42 Å². The summed E-state index contributed by atoms with van der Waals surface area (Å²) in [5, 5.41) is 3.20. The van der Waals surface area contributed by atoms with Crippen LogP contribution in [0.15, 0.2) is 10.8 Å². The highest BCUT2D eigenvalue weighted by Gasteiger charge is 2.11. The summed E-state index contributed by atoms with van der Waals surface area (Å²) < 4.78 is 5.10. The number of hydrogen-bond acceptors (Lipinski definition) is 3. The van der Waals surface area contributed by atoms with E-state index in [9.17, 15) is 0 Å². The minimum atomic E-state index is 0.867. The Labute approximate surface area is 53.1 Å². The molecule has 9 heavy (non-hydrogen) atoms. The van der Waals surface area contributed by atoms with Gasteiger partial charge in [0, 0.05) is 19.5 Å². The molecule has 0 unspecified atom stereocenters. The van der Waals surface area contributed by atoms with Crippen molar-refractivity contribution in [2.24, 2.45) is 0 Å². The van der Waals surface area contributed by atoms with Crippen molar-refractivity contribution >= 4 is 0 Å². The molecule has 0 aromatic carbocycles. The Balaban J connectivity index is 2.39. The Kier molecular flexibility index (Phi) is 1.02. The third kappa shape index (κ3) is 0.733. The summed E-state index contributed by atoms with van der Waals surface area (Å²) in [5.41, 5.74) is 1.07. The van der Waals surface area contributed by atoms with Crippen molar-refractivity contribution in [1.82, 2.24) is 10.3 Å². The van der Waals surface area contributed by atoms with Gasteiger partial charge in [0.2, 0.25) is 0 Å². The number of rotatable bonds is 0. The molecule has 2 rings (SSSR count). The fraction of sp³-hybridized carbons (Fsp3) is 0.500. The maximum absolute atomic E-state index is 5.10. The van der Waals surface area contributed by atoms with Crippen molar-refractivity contribution in [3.8, 4) is 0 Å². The van der Waals surface area contributed by atoms with Crippen LogP contribution >= 0.6 is 0 Å². The maximum Gasteiger partial charge on any atom is 0.181 e. The van der Waals surface area contributed by atoms with Crippen LogP contribution in [0.4, 0.5) is 0 Å². The Morgan fingerprint density at radius 3 is 3.56 bits per heavy atom. The fourth-order valence-corrected chi connectivity index (χ4v) is 1.05. The zero-order valence-corrected chi connectivity index (χ0v) is 5.05. The van der Waals surface area contributed by atoms with Crippen LogP contribution in [0, 0.1) is 0 Å². The van der Waals surface area contributed by atoms with E-state index >= 15 is 0 Å². The molecule has 1 aromatic rings. The number of aromatic nitrogens is 1. The average molecular weight is 124 g/mol. The molecule has 0 saturated carbocycles. The Hall–Kier alpha value is -0.830. The summed E-state index contributed by atoms with van der Waals surface area (Å²) in [6.07, 6.45) is 2.49. The topological polar surface area (TPSA) is 38.1 Å². The third-order valence-electron chi connectivity index (χ3n) is 1.55. The number of oxazole rings is 1. The van der Waals surface area contributed by atoms with Gasteiger partial charge in [-0.15, -0.1) is 0 Å². The molecular weight excluding hydrogens is 116 g/mol. The van der Waals surface area contributed by atoms with Gasteiger partial charge in [-0.25, -0.2) is 4.98 Å². The van der Waals surface area contributed by atoms with Crippen LogP contribution in [-0.4, -0.2) is 11.5 Å². The Morgan fingerprint density at radius 2 is 2.67 bits per heavy atom. The van der Waals surface area contributed by atoms with Crippen molar-refractivity contribution in [3.05, 3.63) is 17.8 Å². The van der Waals surface area contributed by atoms with Crippen molar-refractivity contribution in [3.63, 3.8) is 0 Å². The van der Waals surface area contributed by atoms with Gasteiger partial charge in [0.25, 0.3) is 0 Å². The Morgan fingerprint density at radius 1 is 1.67 bits per heavy atom. The number of nitrogens with one attached hydrogen (secondary N) is 1. The van der Waals surface area contributed by atoms with E-state index in [2.05, 4.69) is 10.3 Å². The third-order valence-corrected chi connectivity index (χ3v) is 1.55. The van der Waals surface area contributed by atoms with E-state index in [-0.39, 0.29) is 0 Å². The van der Waals surface area contributed by atoms with E-state index in [4.69, 9.17) is 4.42 Å². The molecule has 2 heterocycles. The molecule has 3 nitrogen and oxygen atoms in total. The highest BCUT2D eigenvalue weighted by atomic mass is 16.3. The molecule has 0 atom stereocenters. The van der Waals surface area contributed by atoms with Gasteiger partial charge in [-0.1, -0.05) is 0 Å². The quantitative estimate of drug-likeness (QED) is 0.541. The Bertz CT molecular complexity index is 186. The van der Waals surface area contributed by atoms with E-state index in [1.807, 2.05) is 0 Å². The molecule has 0 aliphatic carbocycles. The lowest BCUT2D eigenvalue weighted by atomic mass is 10.2. The molecular formula is C6H8N2O. The summed E-state index contributed by atoms with van der Waals surface area (Å²) in [6.45, 7) is 1.88. The van der Waals surface area contributed by atoms with Crippen LogP contribution in [-0.2, 0) is 13.0 Å². The second-order valence-corrected chi connectivity index (χ2v) is 2.15. The van der Waals surface area contributed by atoms with Gasteiger partial charge in [-0.3, -0.25) is 0 Å². The number of hydrogen-bond donors (Lipinski definition) is 1. The predicted octanol–water partition coefficient (Wildman–Crippen LogP) is 0.320. The molecule has 0 radical (unpaired) electrons. The van der Waals surface area contributed by atoms with Crippen LogP contribution in [0.1, 0.15) is 11.5 Å². The largest absolute Gasteiger partial charge is 0.448 e. The first-order valence-electron chi connectivity index (χ1n) is 3.09. The van der Waals surface area contributed by atoms with Gasteiger partial charge < -0.3 is 9.73 Å². The van der Waals surface area contributed by atoms with E-state index in [1.165, 1.54) is 6.39 Å². The zero-order valence-electron chi connectivity index (χ0n) is 5.05. The summed E-state index contributed by atoms with van der Waals surface area (Å²) in [4.78, 5) is 4.03. The van der Waals surface area contributed by atoms with Crippen LogP contribution in [0.25, 0.3) is 0 Å². The summed E-state index contributed by atoms with van der Waals surface area (Å²) in [7, 11) is 0. The monoisotopic (exact) mass is 124 g/mol. The van der Waals surface area contributed by atoms with Crippen molar-refractivity contribution in [2.45, 2.75) is 13.0 Å². The van der Waals surface area contributed by atoms with Crippen LogP contribution in [0.5, 0.6) is 0 Å². The lowest BCUT2D eigenvalue weighted by molar-refractivity contribution is 0.474. The molecule has 3 heteroatoms. The molecule has 0 bridgehead atoms. The SMILES string of the molecule is c1nc2c(o1)CCNC2. The molecule has 0 amide bonds. The molecule has 48 valence electrons. The lowest BCUT2D eigenvalue weighted by Crippen LogP contribution is -2.22. The second-order valence-electron chi connectivity index (χ2n) is 2.15. The summed E-state index contributed by atoms with van der Waals surface area (Å²) in [5.74, 6) is 1.05. The van der Waals surface area contributed by atoms with Crippen LogP contribution in [0.2, 0.25) is 0 Å². The average Bonchev–Trinajstić information content (AvgIpc) is 2.33. The summed E-state index contributed by atoms with van der Waals surface area (Å²) in [6, 6.07) is 0. The molecule has 0 spiro atoms. The molecule has 1 aliphatic heterocycles. The second kappa shape index (κ2) is 1.84. The van der Waals surface area contributed by atoms with Crippen molar-refractivity contribution in [2.75, 3.05) is 6.54 Å². The van der Waals surface area contributed by atoms with Crippen LogP contribution < -0.4 is 5.32 Å². The zero-order chi connectivity index (χ0) is 6.10. The standard InChI is InChI=1S/C6H8N2O/c1-2-7-3-5-6(1)9-4-8-5/h4,7H,1-3H2. The molecule has 0 fully saturated rings. The van der Waals surface area contributed by atoms with Gasteiger partial charge in [0.15, 0.2) is 6.39 Å².